The Morgan fingerprint density at radius 3 is 3.06 bits per heavy atom. The first kappa shape index (κ1) is 12.1. The SMILES string of the molecule is COC(=O)CN1CC[C@H](C)[C@H](n2ccnc2)C1. The molecule has 0 spiro atoms. The van der Waals surface area contributed by atoms with E-state index in [1.807, 2.05) is 12.5 Å². The second-order valence-corrected chi connectivity index (χ2v) is 4.65. The number of likely N-dealkylation sites (tertiary alicyclic amines) is 1. The zero-order valence-corrected chi connectivity index (χ0v) is 10.4. The number of imidazole rings is 1. The van der Waals surface area contributed by atoms with Crippen LogP contribution in [0.25, 0.3) is 0 Å². The summed E-state index contributed by atoms with van der Waals surface area (Å²) in [5, 5.41) is 0. The van der Waals surface area contributed by atoms with Crippen molar-refractivity contribution < 1.29 is 9.53 Å². The highest BCUT2D eigenvalue weighted by Crippen LogP contribution is 2.27. The van der Waals surface area contributed by atoms with Crippen molar-refractivity contribution in [3.63, 3.8) is 0 Å². The van der Waals surface area contributed by atoms with Crippen LogP contribution in [0.5, 0.6) is 0 Å². The van der Waals surface area contributed by atoms with Crippen molar-refractivity contribution in [3.8, 4) is 0 Å². The molecular weight excluding hydrogens is 218 g/mol. The van der Waals surface area contributed by atoms with Crippen LogP contribution in [0, 0.1) is 5.92 Å². The molecule has 1 aliphatic heterocycles. The number of rotatable bonds is 3. The third-order valence-electron chi connectivity index (χ3n) is 3.49. The van der Waals surface area contributed by atoms with E-state index in [0.717, 1.165) is 19.5 Å². The number of nitrogens with zero attached hydrogens (tertiary/aromatic N) is 3. The Hall–Kier alpha value is -1.36. The standard InChI is InChI=1S/C12H19N3O2/c1-10-3-5-14(8-12(16)17-2)7-11(10)15-6-4-13-9-15/h4,6,9-11H,3,5,7-8H2,1-2H3/t10-,11+/m0/s1. The largest absolute Gasteiger partial charge is 0.468 e. The Morgan fingerprint density at radius 1 is 1.59 bits per heavy atom. The lowest BCUT2D eigenvalue weighted by Crippen LogP contribution is -2.43. The first-order chi connectivity index (χ1) is 8.20. The molecule has 2 rings (SSSR count). The van der Waals surface area contributed by atoms with Gasteiger partial charge in [0.05, 0.1) is 20.0 Å². The molecule has 0 aromatic carbocycles. The van der Waals surface area contributed by atoms with Gasteiger partial charge < -0.3 is 9.30 Å². The molecule has 1 aromatic heterocycles. The van der Waals surface area contributed by atoms with Gasteiger partial charge >= 0.3 is 5.97 Å². The average molecular weight is 237 g/mol. The van der Waals surface area contributed by atoms with Gasteiger partial charge in [-0.1, -0.05) is 6.92 Å². The zero-order valence-electron chi connectivity index (χ0n) is 10.4. The normalized spacial score (nSPS) is 25.8. The summed E-state index contributed by atoms with van der Waals surface area (Å²) in [5.41, 5.74) is 0. The van der Waals surface area contributed by atoms with E-state index in [2.05, 4.69) is 21.4 Å². The molecule has 17 heavy (non-hydrogen) atoms. The number of carbonyl (C=O) groups is 1. The number of aromatic nitrogens is 2. The monoisotopic (exact) mass is 237 g/mol. The van der Waals surface area contributed by atoms with Crippen LogP contribution in [0.1, 0.15) is 19.4 Å². The van der Waals surface area contributed by atoms with Crippen molar-refractivity contribution >= 4 is 5.97 Å². The molecule has 0 bridgehead atoms. The highest BCUT2D eigenvalue weighted by molar-refractivity contribution is 5.71. The first-order valence-corrected chi connectivity index (χ1v) is 5.97. The fourth-order valence-electron chi connectivity index (χ4n) is 2.36. The van der Waals surface area contributed by atoms with Crippen LogP contribution in [0.15, 0.2) is 18.7 Å². The predicted molar refractivity (Wildman–Crippen MR) is 63.5 cm³/mol. The molecule has 0 amide bonds. The second-order valence-electron chi connectivity index (χ2n) is 4.65. The van der Waals surface area contributed by atoms with Crippen molar-refractivity contribution in [1.82, 2.24) is 14.5 Å². The Morgan fingerprint density at radius 2 is 2.41 bits per heavy atom. The summed E-state index contributed by atoms with van der Waals surface area (Å²) in [5.74, 6) is 0.446. The van der Waals surface area contributed by atoms with Crippen molar-refractivity contribution in [2.45, 2.75) is 19.4 Å². The van der Waals surface area contributed by atoms with Crippen LogP contribution in [0.3, 0.4) is 0 Å². The number of esters is 1. The second kappa shape index (κ2) is 5.31. The van der Waals surface area contributed by atoms with E-state index in [4.69, 9.17) is 4.74 Å². The molecule has 0 radical (unpaired) electrons. The van der Waals surface area contributed by atoms with E-state index in [9.17, 15) is 4.79 Å². The molecule has 0 aliphatic carbocycles. The molecule has 5 heteroatoms. The molecule has 0 N–H and O–H groups in total. The smallest absolute Gasteiger partial charge is 0.319 e. The van der Waals surface area contributed by atoms with Crippen LogP contribution in [0.4, 0.5) is 0 Å². The Kier molecular flexibility index (Phi) is 3.78. The molecule has 5 nitrogen and oxygen atoms in total. The molecule has 0 saturated carbocycles. The highest BCUT2D eigenvalue weighted by atomic mass is 16.5. The molecular formula is C12H19N3O2. The number of methoxy groups -OCH3 is 1. The fraction of sp³-hybridized carbons (Fsp3) is 0.667. The zero-order chi connectivity index (χ0) is 12.3. The lowest BCUT2D eigenvalue weighted by atomic mass is 9.93. The van der Waals surface area contributed by atoms with E-state index < -0.39 is 0 Å². The lowest BCUT2D eigenvalue weighted by molar-refractivity contribution is -0.142. The summed E-state index contributed by atoms with van der Waals surface area (Å²) < 4.78 is 6.84. The number of piperidine rings is 1. The number of hydrogen-bond donors (Lipinski definition) is 0. The first-order valence-electron chi connectivity index (χ1n) is 5.97. The van der Waals surface area contributed by atoms with E-state index in [-0.39, 0.29) is 5.97 Å². The van der Waals surface area contributed by atoms with Gasteiger partial charge in [0.1, 0.15) is 0 Å². The quantitative estimate of drug-likeness (QED) is 0.734. The molecule has 94 valence electrons. The van der Waals surface area contributed by atoms with Gasteiger partial charge in [0, 0.05) is 25.0 Å². The van der Waals surface area contributed by atoms with Gasteiger partial charge in [0.2, 0.25) is 0 Å². The average Bonchev–Trinajstić information content (AvgIpc) is 2.85. The van der Waals surface area contributed by atoms with E-state index in [1.165, 1.54) is 7.11 Å². The van der Waals surface area contributed by atoms with Gasteiger partial charge in [0.15, 0.2) is 0 Å². The molecule has 2 atom stereocenters. The molecule has 1 aromatic rings. The maximum absolute atomic E-state index is 11.3. The maximum atomic E-state index is 11.3. The molecule has 1 saturated heterocycles. The minimum absolute atomic E-state index is 0.163. The van der Waals surface area contributed by atoms with Crippen LogP contribution in [-0.2, 0) is 9.53 Å². The van der Waals surface area contributed by atoms with Crippen molar-refractivity contribution in [3.05, 3.63) is 18.7 Å². The Bertz CT molecular complexity index is 364. The molecule has 1 aliphatic rings. The van der Waals surface area contributed by atoms with Gasteiger partial charge in [-0.3, -0.25) is 9.69 Å². The predicted octanol–water partition coefficient (Wildman–Crippen LogP) is 0.939. The Labute approximate surface area is 101 Å². The molecule has 0 unspecified atom stereocenters. The van der Waals surface area contributed by atoms with E-state index in [0.29, 0.717) is 18.5 Å². The van der Waals surface area contributed by atoms with E-state index >= 15 is 0 Å². The number of ether oxygens (including phenoxy) is 1. The van der Waals surface area contributed by atoms with Crippen molar-refractivity contribution in [2.24, 2.45) is 5.92 Å². The van der Waals surface area contributed by atoms with Gasteiger partial charge in [0.25, 0.3) is 0 Å². The highest BCUT2D eigenvalue weighted by Gasteiger charge is 2.28. The third kappa shape index (κ3) is 2.85. The summed E-state index contributed by atoms with van der Waals surface area (Å²) in [6.45, 7) is 4.47. The van der Waals surface area contributed by atoms with Crippen molar-refractivity contribution in [1.29, 1.82) is 0 Å². The summed E-state index contributed by atoms with van der Waals surface area (Å²) >= 11 is 0. The van der Waals surface area contributed by atoms with Crippen LogP contribution < -0.4 is 0 Å². The van der Waals surface area contributed by atoms with Gasteiger partial charge in [-0.05, 0) is 18.9 Å². The van der Waals surface area contributed by atoms with Crippen molar-refractivity contribution in [2.75, 3.05) is 26.7 Å². The van der Waals surface area contributed by atoms with Gasteiger partial charge in [-0.2, -0.15) is 0 Å². The van der Waals surface area contributed by atoms with Crippen LogP contribution in [-0.4, -0.2) is 47.2 Å². The Balaban J connectivity index is 1.99. The minimum Gasteiger partial charge on any atom is -0.468 e. The van der Waals surface area contributed by atoms with Gasteiger partial charge in [-0.15, -0.1) is 0 Å². The maximum Gasteiger partial charge on any atom is 0.319 e. The van der Waals surface area contributed by atoms with Gasteiger partial charge in [-0.25, -0.2) is 4.98 Å². The summed E-state index contributed by atoms with van der Waals surface area (Å²) in [6.07, 6.45) is 6.73. The summed E-state index contributed by atoms with van der Waals surface area (Å²) in [4.78, 5) is 17.5. The third-order valence-corrected chi connectivity index (χ3v) is 3.49. The number of hydrogen-bond acceptors (Lipinski definition) is 4. The lowest BCUT2D eigenvalue weighted by Gasteiger charge is -2.37. The topological polar surface area (TPSA) is 47.4 Å². The minimum atomic E-state index is -0.163. The summed E-state index contributed by atoms with van der Waals surface area (Å²) in [6, 6.07) is 0.399. The van der Waals surface area contributed by atoms with Crippen LogP contribution >= 0.6 is 0 Å². The van der Waals surface area contributed by atoms with Crippen LogP contribution in [0.2, 0.25) is 0 Å². The summed E-state index contributed by atoms with van der Waals surface area (Å²) in [7, 11) is 1.43. The fourth-order valence-corrected chi connectivity index (χ4v) is 2.36. The number of carbonyl (C=O) groups excluding carboxylic acids is 1. The molecule has 2 heterocycles. The van der Waals surface area contributed by atoms with E-state index in [1.54, 1.807) is 6.20 Å². The molecule has 1 fully saturated rings.